The van der Waals surface area contributed by atoms with Gasteiger partial charge >= 0.3 is 11.9 Å². The van der Waals surface area contributed by atoms with Gasteiger partial charge in [-0.2, -0.15) is 0 Å². The summed E-state index contributed by atoms with van der Waals surface area (Å²) in [6.07, 6.45) is 4.15. The number of ether oxygens (including phenoxy) is 1. The van der Waals surface area contributed by atoms with Crippen molar-refractivity contribution in [1.29, 1.82) is 0 Å². The summed E-state index contributed by atoms with van der Waals surface area (Å²) in [6.45, 7) is 14.3. The smallest absolute Gasteiger partial charge is 0.306 e. The Kier molecular flexibility index (Phi) is 18.1. The molecule has 0 saturated carbocycles. The Balaban J connectivity index is 1.55. The number of thiazole rings is 1. The van der Waals surface area contributed by atoms with Crippen LogP contribution in [0, 0.1) is 17.8 Å². The van der Waals surface area contributed by atoms with Gasteiger partial charge in [-0.1, -0.05) is 109 Å². The number of nitrogens with one attached hydrogen (secondary N) is 2. The standard InChI is InChI=1S/C46H65N5O7S/c1-9-23-51(45(55)41(30(5)10-2)49-43(54)38-18-14-15-24-50(38)8)39(29(3)4)27-40(58-32(7)52)44-48-37(28-59-44)42(53)47-36(25-31(6)46(56)57)26-33-19-21-35(22-20-33)34-16-12-11-13-17-34/h11-13,16-17,19-22,28-31,36,38-41H,9-10,14-15,18,23-27H2,1-8H3,(H,47,53)(H,49,54)(H,56,57)/t30-,31-,36+,38?,39+,40+,41?/m0/s1. The number of aliphatic carboxylic acids is 1. The number of carbonyl (C=O) groups excluding carboxylic acids is 4. The second kappa shape index (κ2) is 22.7. The van der Waals surface area contributed by atoms with E-state index in [1.807, 2.05) is 101 Å². The van der Waals surface area contributed by atoms with Gasteiger partial charge in [0.15, 0.2) is 6.10 Å². The molecule has 7 atom stereocenters. The molecule has 2 aromatic carbocycles. The van der Waals surface area contributed by atoms with Crippen LogP contribution in [0.1, 0.15) is 121 Å². The molecule has 0 bridgehead atoms. The van der Waals surface area contributed by atoms with Crippen molar-refractivity contribution in [2.45, 2.75) is 130 Å². The van der Waals surface area contributed by atoms with Gasteiger partial charge in [0, 0.05) is 37.4 Å². The van der Waals surface area contributed by atoms with Crippen LogP contribution in [0.3, 0.4) is 0 Å². The number of aromatic nitrogens is 1. The maximum Gasteiger partial charge on any atom is 0.306 e. The number of amides is 3. The lowest BCUT2D eigenvalue weighted by atomic mass is 9.92. The number of carbonyl (C=O) groups is 5. The average Bonchev–Trinajstić information content (AvgIpc) is 3.71. The molecule has 1 aliphatic rings. The molecular weight excluding hydrogens is 767 g/mol. The molecule has 2 unspecified atom stereocenters. The lowest BCUT2D eigenvalue weighted by molar-refractivity contribution is -0.150. The molecular formula is C46H65N5O7S. The fourth-order valence-corrected chi connectivity index (χ4v) is 8.68. The van der Waals surface area contributed by atoms with Gasteiger partial charge in [-0.25, -0.2) is 4.98 Å². The molecule has 13 heteroatoms. The van der Waals surface area contributed by atoms with E-state index in [1.54, 1.807) is 12.3 Å². The van der Waals surface area contributed by atoms with Gasteiger partial charge in [0.1, 0.15) is 16.7 Å². The number of likely N-dealkylation sites (N-methyl/N-ethyl adjacent to an activating group) is 1. The number of esters is 1. The summed E-state index contributed by atoms with van der Waals surface area (Å²) in [7, 11) is 1.95. The number of piperidine rings is 1. The van der Waals surface area contributed by atoms with Crippen LogP contribution in [-0.2, 0) is 30.3 Å². The SMILES string of the molecule is CCCN(C(=O)C(NC(=O)C1CCCCN1C)[C@@H](C)CC)[C@H](C[C@@H](OC(C)=O)c1nc(C(=O)N[C@@H](Cc2ccc(-c3ccccc3)cc2)C[C@H](C)C(=O)O)cs1)C(C)C. The minimum Gasteiger partial charge on any atom is -0.481 e. The zero-order valence-electron chi connectivity index (χ0n) is 36.1. The van der Waals surface area contributed by atoms with Crippen LogP contribution in [0.15, 0.2) is 60.0 Å². The van der Waals surface area contributed by atoms with E-state index in [0.717, 1.165) is 42.5 Å². The summed E-state index contributed by atoms with van der Waals surface area (Å²) < 4.78 is 5.88. The van der Waals surface area contributed by atoms with Gasteiger partial charge in [0.2, 0.25) is 11.8 Å². The maximum atomic E-state index is 14.6. The molecule has 12 nitrogen and oxygen atoms in total. The first-order valence-electron chi connectivity index (χ1n) is 21.2. The summed E-state index contributed by atoms with van der Waals surface area (Å²) in [6, 6.07) is 16.1. The van der Waals surface area contributed by atoms with Gasteiger partial charge in [-0.3, -0.25) is 28.9 Å². The zero-order valence-corrected chi connectivity index (χ0v) is 36.9. The Morgan fingerprint density at radius 1 is 0.949 bits per heavy atom. The molecule has 0 aliphatic carbocycles. The van der Waals surface area contributed by atoms with E-state index in [4.69, 9.17) is 4.74 Å². The van der Waals surface area contributed by atoms with E-state index in [2.05, 4.69) is 20.5 Å². The molecule has 0 spiro atoms. The Hall–Kier alpha value is -4.62. The highest BCUT2D eigenvalue weighted by Gasteiger charge is 2.38. The van der Waals surface area contributed by atoms with Crippen molar-refractivity contribution < 1.29 is 33.8 Å². The highest BCUT2D eigenvalue weighted by Crippen LogP contribution is 2.32. The monoisotopic (exact) mass is 831 g/mol. The number of hydrogen-bond acceptors (Lipinski definition) is 9. The second-order valence-electron chi connectivity index (χ2n) is 16.5. The number of nitrogens with zero attached hydrogens (tertiary/aromatic N) is 3. The minimum absolute atomic E-state index is 0.0530. The Bertz CT molecular complexity index is 1830. The first-order chi connectivity index (χ1) is 28.1. The van der Waals surface area contributed by atoms with E-state index < -0.39 is 42.0 Å². The molecule has 3 amide bonds. The van der Waals surface area contributed by atoms with Crippen LogP contribution < -0.4 is 10.6 Å². The van der Waals surface area contributed by atoms with Crippen molar-refractivity contribution in [3.63, 3.8) is 0 Å². The fourth-order valence-electron chi connectivity index (χ4n) is 7.84. The second-order valence-corrected chi connectivity index (χ2v) is 17.4. The maximum absolute atomic E-state index is 14.6. The Morgan fingerprint density at radius 2 is 1.63 bits per heavy atom. The number of hydrogen-bond donors (Lipinski definition) is 3. The summed E-state index contributed by atoms with van der Waals surface area (Å²) in [5, 5.41) is 17.9. The van der Waals surface area contributed by atoms with Crippen molar-refractivity contribution in [2.75, 3.05) is 20.1 Å². The van der Waals surface area contributed by atoms with E-state index in [0.29, 0.717) is 30.8 Å². The third kappa shape index (κ3) is 13.4. The molecule has 4 rings (SSSR count). The molecule has 1 saturated heterocycles. The van der Waals surface area contributed by atoms with E-state index in [1.165, 1.54) is 18.3 Å². The predicted molar refractivity (Wildman–Crippen MR) is 232 cm³/mol. The topological polar surface area (TPSA) is 158 Å². The molecule has 322 valence electrons. The van der Waals surface area contributed by atoms with Crippen molar-refractivity contribution >= 4 is 41.0 Å². The average molecular weight is 832 g/mol. The third-order valence-corrected chi connectivity index (χ3v) is 12.4. The predicted octanol–water partition coefficient (Wildman–Crippen LogP) is 7.53. The van der Waals surface area contributed by atoms with Crippen molar-refractivity contribution in [2.24, 2.45) is 17.8 Å². The lowest BCUT2D eigenvalue weighted by Crippen LogP contribution is -2.58. The minimum atomic E-state index is -0.950. The molecule has 1 fully saturated rings. The van der Waals surface area contributed by atoms with Crippen molar-refractivity contribution in [1.82, 2.24) is 25.4 Å². The molecule has 3 aromatic rings. The normalized spacial score (nSPS) is 17.5. The first kappa shape index (κ1) is 47.1. The van der Waals surface area contributed by atoms with Gasteiger partial charge in [-0.05, 0) is 74.2 Å². The van der Waals surface area contributed by atoms with E-state index in [9.17, 15) is 29.1 Å². The molecule has 1 aromatic heterocycles. The zero-order chi connectivity index (χ0) is 43.2. The number of carboxylic acids is 1. The largest absolute Gasteiger partial charge is 0.481 e. The fraction of sp³-hybridized carbons (Fsp3) is 0.565. The lowest BCUT2D eigenvalue weighted by Gasteiger charge is -2.40. The highest BCUT2D eigenvalue weighted by molar-refractivity contribution is 7.09. The summed E-state index contributed by atoms with van der Waals surface area (Å²) >= 11 is 1.20. The van der Waals surface area contributed by atoms with Crippen LogP contribution >= 0.6 is 11.3 Å². The number of carboxylic acid groups (broad SMARTS) is 1. The van der Waals surface area contributed by atoms with Crippen LogP contribution in [0.4, 0.5) is 0 Å². The van der Waals surface area contributed by atoms with Gasteiger partial charge in [0.05, 0.1) is 12.0 Å². The third-order valence-electron chi connectivity index (χ3n) is 11.5. The Labute approximate surface area is 354 Å². The van der Waals surface area contributed by atoms with Crippen molar-refractivity contribution in [3.8, 4) is 11.1 Å². The summed E-state index contributed by atoms with van der Waals surface area (Å²) in [4.78, 5) is 75.0. The van der Waals surface area contributed by atoms with Crippen LogP contribution in [-0.4, -0.2) is 93.9 Å². The van der Waals surface area contributed by atoms with Crippen LogP contribution in [0.25, 0.3) is 11.1 Å². The van der Waals surface area contributed by atoms with Crippen LogP contribution in [0.5, 0.6) is 0 Å². The quantitative estimate of drug-likeness (QED) is 0.0923. The van der Waals surface area contributed by atoms with E-state index >= 15 is 0 Å². The van der Waals surface area contributed by atoms with E-state index in [-0.39, 0.29) is 54.3 Å². The van der Waals surface area contributed by atoms with Crippen molar-refractivity contribution in [3.05, 3.63) is 76.2 Å². The molecule has 0 radical (unpaired) electrons. The molecule has 3 N–H and O–H groups in total. The molecule has 2 heterocycles. The number of benzene rings is 2. The summed E-state index contributed by atoms with van der Waals surface area (Å²) in [5.74, 6) is -3.10. The number of rotatable bonds is 21. The van der Waals surface area contributed by atoms with Gasteiger partial charge < -0.3 is 25.4 Å². The first-order valence-corrected chi connectivity index (χ1v) is 22.1. The van der Waals surface area contributed by atoms with Crippen LogP contribution in [0.2, 0.25) is 0 Å². The molecule has 59 heavy (non-hydrogen) atoms. The summed E-state index contributed by atoms with van der Waals surface area (Å²) in [5.41, 5.74) is 3.21. The van der Waals surface area contributed by atoms with Gasteiger partial charge in [0.25, 0.3) is 5.91 Å². The highest BCUT2D eigenvalue weighted by atomic mass is 32.1. The number of likely N-dealkylation sites (tertiary alicyclic amines) is 1. The Morgan fingerprint density at radius 3 is 2.22 bits per heavy atom. The molecule has 1 aliphatic heterocycles. The van der Waals surface area contributed by atoms with Gasteiger partial charge in [-0.15, -0.1) is 11.3 Å².